The summed E-state index contributed by atoms with van der Waals surface area (Å²) in [6.45, 7) is 0.754. The van der Waals surface area contributed by atoms with Crippen LogP contribution in [0.2, 0.25) is 0 Å². The van der Waals surface area contributed by atoms with Crippen LogP contribution in [0.5, 0.6) is 0 Å². The van der Waals surface area contributed by atoms with Crippen LogP contribution in [-0.2, 0) is 6.54 Å². The van der Waals surface area contributed by atoms with Crippen LogP contribution in [0, 0.1) is 0 Å². The molecule has 2 aliphatic carbocycles. The Labute approximate surface area is 191 Å². The van der Waals surface area contributed by atoms with Gasteiger partial charge in [0.25, 0.3) is 11.5 Å². The van der Waals surface area contributed by atoms with Gasteiger partial charge in [0.05, 0.1) is 10.9 Å². The molecule has 0 radical (unpaired) electrons. The molecule has 33 heavy (non-hydrogen) atoms. The van der Waals surface area contributed by atoms with Crippen molar-refractivity contribution in [1.82, 2.24) is 19.4 Å². The lowest BCUT2D eigenvalue weighted by Crippen LogP contribution is -2.33. The van der Waals surface area contributed by atoms with E-state index in [9.17, 15) is 14.4 Å². The van der Waals surface area contributed by atoms with Crippen LogP contribution >= 0.6 is 0 Å². The molecule has 2 aromatic heterocycles. The first-order valence-electron chi connectivity index (χ1n) is 11.8. The molecule has 2 heterocycles. The fourth-order valence-corrected chi connectivity index (χ4v) is 4.83. The second-order valence-electron chi connectivity index (χ2n) is 9.27. The van der Waals surface area contributed by atoms with Crippen LogP contribution in [-0.4, -0.2) is 38.4 Å². The monoisotopic (exact) mass is 447 g/mol. The molecule has 0 atom stereocenters. The summed E-state index contributed by atoms with van der Waals surface area (Å²) in [6, 6.07) is 9.97. The van der Waals surface area contributed by atoms with Crippen molar-refractivity contribution in [2.24, 2.45) is 0 Å². The Bertz CT molecular complexity index is 1300. The zero-order valence-corrected chi connectivity index (χ0v) is 18.8. The van der Waals surface area contributed by atoms with E-state index in [1.54, 1.807) is 0 Å². The number of hydrogen-bond donors (Lipinski definition) is 2. The highest BCUT2D eigenvalue weighted by molar-refractivity contribution is 6.05. The van der Waals surface area contributed by atoms with Crippen molar-refractivity contribution in [3.63, 3.8) is 0 Å². The Kier molecular flexibility index (Phi) is 5.85. The van der Waals surface area contributed by atoms with E-state index in [0.717, 1.165) is 30.6 Å². The van der Waals surface area contributed by atoms with Gasteiger partial charge in [0.2, 0.25) is 0 Å². The van der Waals surface area contributed by atoms with E-state index in [1.807, 2.05) is 24.3 Å². The lowest BCUT2D eigenvalue weighted by Gasteiger charge is -2.31. The summed E-state index contributed by atoms with van der Waals surface area (Å²) in [5.41, 5.74) is 1.44. The molecule has 3 aromatic rings. The predicted molar refractivity (Wildman–Crippen MR) is 128 cm³/mol. The molecular formula is C25H29N5O3. The van der Waals surface area contributed by atoms with Crippen molar-refractivity contribution >= 4 is 22.6 Å². The Hall–Kier alpha value is -3.26. The first-order chi connectivity index (χ1) is 16.0. The second-order valence-corrected chi connectivity index (χ2v) is 9.27. The highest BCUT2D eigenvalue weighted by Gasteiger charge is 2.28. The maximum absolute atomic E-state index is 13.1. The second kappa shape index (κ2) is 8.94. The van der Waals surface area contributed by atoms with Gasteiger partial charge in [-0.05, 0) is 50.4 Å². The van der Waals surface area contributed by atoms with Crippen LogP contribution in [0.15, 0.2) is 46.1 Å². The quantitative estimate of drug-likeness (QED) is 0.603. The molecule has 2 fully saturated rings. The number of aromatic amines is 1. The first-order valence-corrected chi connectivity index (χ1v) is 11.8. The summed E-state index contributed by atoms with van der Waals surface area (Å²) in [6.07, 6.45) is 9.51. The molecule has 2 saturated carbocycles. The number of amides is 1. The average molecular weight is 448 g/mol. The zero-order valence-electron chi connectivity index (χ0n) is 18.8. The van der Waals surface area contributed by atoms with Crippen molar-refractivity contribution in [2.45, 2.75) is 63.6 Å². The summed E-state index contributed by atoms with van der Waals surface area (Å²) in [5, 5.41) is 3.24. The Morgan fingerprint density at radius 2 is 1.91 bits per heavy atom. The number of fused-ring (bicyclic) bond motifs is 1. The number of rotatable bonds is 6. The third-order valence-corrected chi connectivity index (χ3v) is 6.84. The highest BCUT2D eigenvalue weighted by Crippen LogP contribution is 2.34. The number of carbonyl (C=O) groups is 1. The minimum Gasteiger partial charge on any atom is -0.322 e. The summed E-state index contributed by atoms with van der Waals surface area (Å²) >= 11 is 0. The smallest absolute Gasteiger partial charge is 0.322 e. The Morgan fingerprint density at radius 3 is 2.67 bits per heavy atom. The van der Waals surface area contributed by atoms with E-state index in [2.05, 4.69) is 27.2 Å². The van der Waals surface area contributed by atoms with E-state index in [-0.39, 0.29) is 22.9 Å². The minimum absolute atomic E-state index is 0.0667. The Balaban J connectivity index is 1.39. The lowest BCUT2D eigenvalue weighted by atomic mass is 9.94. The Morgan fingerprint density at radius 1 is 1.15 bits per heavy atom. The molecule has 1 aromatic carbocycles. The van der Waals surface area contributed by atoms with Gasteiger partial charge in [-0.3, -0.25) is 24.0 Å². The number of nitrogens with zero attached hydrogens (tertiary/aromatic N) is 3. The van der Waals surface area contributed by atoms with Gasteiger partial charge in [-0.25, -0.2) is 9.78 Å². The summed E-state index contributed by atoms with van der Waals surface area (Å²) in [7, 11) is 2.15. The number of pyridine rings is 1. The fraction of sp³-hybridized carbons (Fsp3) is 0.440. The van der Waals surface area contributed by atoms with Crippen molar-refractivity contribution in [2.75, 3.05) is 12.4 Å². The molecule has 1 amide bonds. The molecule has 0 aliphatic heterocycles. The molecule has 2 aliphatic rings. The molecule has 0 spiro atoms. The first kappa shape index (κ1) is 21.6. The van der Waals surface area contributed by atoms with Gasteiger partial charge < -0.3 is 5.32 Å². The van der Waals surface area contributed by atoms with Crippen molar-refractivity contribution in [3.8, 4) is 0 Å². The number of benzene rings is 1. The maximum Gasteiger partial charge on any atom is 0.330 e. The molecule has 5 rings (SSSR count). The molecule has 0 unspecified atom stereocenters. The summed E-state index contributed by atoms with van der Waals surface area (Å²) < 4.78 is 1.52. The molecule has 172 valence electrons. The van der Waals surface area contributed by atoms with Gasteiger partial charge >= 0.3 is 5.69 Å². The average Bonchev–Trinajstić information content (AvgIpc) is 3.66. The summed E-state index contributed by atoms with van der Waals surface area (Å²) in [5.74, 6) is -0.333. The van der Waals surface area contributed by atoms with Crippen LogP contribution in [0.25, 0.3) is 11.0 Å². The molecule has 0 saturated heterocycles. The SMILES string of the molecule is CN(Cc1ccccc1NC(=O)c1cnc2c(c1)c(=O)[nH]c(=O)n2C1CC1)C1CCCCC1. The van der Waals surface area contributed by atoms with Crippen molar-refractivity contribution in [3.05, 3.63) is 68.5 Å². The number of anilines is 1. The van der Waals surface area contributed by atoms with Gasteiger partial charge in [0.1, 0.15) is 5.65 Å². The van der Waals surface area contributed by atoms with Crippen LogP contribution in [0.4, 0.5) is 5.69 Å². The number of carbonyl (C=O) groups excluding carboxylic acids is 1. The van der Waals surface area contributed by atoms with E-state index in [0.29, 0.717) is 11.7 Å². The number of aromatic nitrogens is 3. The van der Waals surface area contributed by atoms with E-state index in [4.69, 9.17) is 0 Å². The fourth-order valence-electron chi connectivity index (χ4n) is 4.83. The number of nitrogens with one attached hydrogen (secondary N) is 2. The molecule has 0 bridgehead atoms. The van der Waals surface area contributed by atoms with Gasteiger partial charge in [-0.2, -0.15) is 0 Å². The highest BCUT2D eigenvalue weighted by atomic mass is 16.2. The standard InChI is InChI=1S/C25H29N5O3/c1-29(18-8-3-2-4-9-18)15-16-7-5-6-10-21(16)27-23(31)17-13-20-22(26-14-17)30(19-11-12-19)25(33)28-24(20)32/h5-7,10,13-14,18-19H,2-4,8-9,11-12,15H2,1H3,(H,27,31)(H,28,32,33). The third-order valence-electron chi connectivity index (χ3n) is 6.84. The minimum atomic E-state index is -0.524. The molecule has 2 N–H and O–H groups in total. The van der Waals surface area contributed by atoms with E-state index < -0.39 is 11.2 Å². The van der Waals surface area contributed by atoms with Crippen LogP contribution in [0.3, 0.4) is 0 Å². The van der Waals surface area contributed by atoms with E-state index in [1.165, 1.54) is 48.9 Å². The zero-order chi connectivity index (χ0) is 22.9. The molecule has 8 nitrogen and oxygen atoms in total. The molecule has 8 heteroatoms. The van der Waals surface area contributed by atoms with Gasteiger partial charge in [0.15, 0.2) is 0 Å². The maximum atomic E-state index is 13.1. The van der Waals surface area contributed by atoms with Crippen molar-refractivity contribution < 1.29 is 4.79 Å². The topological polar surface area (TPSA) is 100 Å². The van der Waals surface area contributed by atoms with Gasteiger partial charge in [-0.15, -0.1) is 0 Å². The summed E-state index contributed by atoms with van der Waals surface area (Å²) in [4.78, 5) is 46.7. The number of para-hydroxylation sites is 1. The third kappa shape index (κ3) is 4.48. The van der Waals surface area contributed by atoms with E-state index >= 15 is 0 Å². The van der Waals surface area contributed by atoms with Crippen molar-refractivity contribution in [1.29, 1.82) is 0 Å². The lowest BCUT2D eigenvalue weighted by molar-refractivity contribution is 0.102. The normalized spacial score (nSPS) is 16.9. The molecular weight excluding hydrogens is 418 g/mol. The van der Waals surface area contributed by atoms with Crippen LogP contribution in [0.1, 0.15) is 66.9 Å². The van der Waals surface area contributed by atoms with Gasteiger partial charge in [-0.1, -0.05) is 37.5 Å². The number of hydrogen-bond acceptors (Lipinski definition) is 5. The predicted octanol–water partition coefficient (Wildman–Crippen LogP) is 3.44. The largest absolute Gasteiger partial charge is 0.330 e. The number of H-pyrrole nitrogens is 1. The van der Waals surface area contributed by atoms with Crippen LogP contribution < -0.4 is 16.6 Å². The van der Waals surface area contributed by atoms with Gasteiger partial charge in [0, 0.05) is 30.5 Å².